The van der Waals surface area contributed by atoms with E-state index >= 15 is 0 Å². The van der Waals surface area contributed by atoms with Crippen LogP contribution in [0.1, 0.15) is 32.6 Å². The Bertz CT molecular complexity index is 583. The molecule has 1 fully saturated rings. The molecule has 4 nitrogen and oxygen atoms in total. The fourth-order valence-electron chi connectivity index (χ4n) is 2.59. The van der Waals surface area contributed by atoms with Crippen molar-refractivity contribution >= 4 is 40.3 Å². The van der Waals surface area contributed by atoms with Crippen LogP contribution in [0.15, 0.2) is 18.2 Å². The Kier molecular flexibility index (Phi) is 6.47. The Morgan fingerprint density at radius 3 is 2.48 bits per heavy atom. The standard InChI is InChI=1S/C15H20F2N4S2/c1-9-4-2-3-5-12(9)18-14(22)20-21-15(23)19-13-7-6-10(16)8-11(13)17/h6-9,12H,2-5H2,1H3,(H2,18,20,22)(H2,19,21,23)/t9-,12+/m1/s1. The summed E-state index contributed by atoms with van der Waals surface area (Å²) in [7, 11) is 0. The summed E-state index contributed by atoms with van der Waals surface area (Å²) in [6.45, 7) is 2.20. The van der Waals surface area contributed by atoms with Gasteiger partial charge in [0.15, 0.2) is 10.2 Å². The molecule has 1 aromatic rings. The second-order valence-corrected chi connectivity index (χ2v) is 6.49. The van der Waals surface area contributed by atoms with E-state index in [9.17, 15) is 8.78 Å². The van der Waals surface area contributed by atoms with E-state index in [-0.39, 0.29) is 10.8 Å². The smallest absolute Gasteiger partial charge is 0.189 e. The van der Waals surface area contributed by atoms with Crippen LogP contribution in [0.25, 0.3) is 0 Å². The molecule has 0 saturated heterocycles. The molecule has 0 aromatic heterocycles. The zero-order valence-electron chi connectivity index (χ0n) is 12.8. The average Bonchev–Trinajstić information content (AvgIpc) is 2.50. The van der Waals surface area contributed by atoms with Crippen molar-refractivity contribution in [3.8, 4) is 0 Å². The van der Waals surface area contributed by atoms with E-state index in [1.807, 2.05) is 0 Å². The topological polar surface area (TPSA) is 48.1 Å². The van der Waals surface area contributed by atoms with Gasteiger partial charge in [-0.3, -0.25) is 10.9 Å². The number of thiocarbonyl (C=S) groups is 2. The van der Waals surface area contributed by atoms with Gasteiger partial charge in [0.1, 0.15) is 11.6 Å². The van der Waals surface area contributed by atoms with Crippen LogP contribution in [0.2, 0.25) is 0 Å². The van der Waals surface area contributed by atoms with Crippen molar-refractivity contribution in [2.75, 3.05) is 5.32 Å². The fourth-order valence-corrected chi connectivity index (χ4v) is 2.96. The molecule has 0 spiro atoms. The fraction of sp³-hybridized carbons (Fsp3) is 0.467. The minimum Gasteiger partial charge on any atom is -0.358 e. The lowest BCUT2D eigenvalue weighted by Crippen LogP contribution is -2.52. The van der Waals surface area contributed by atoms with E-state index in [1.165, 1.54) is 25.3 Å². The maximum atomic E-state index is 13.5. The Balaban J connectivity index is 1.76. The maximum Gasteiger partial charge on any atom is 0.189 e. The summed E-state index contributed by atoms with van der Waals surface area (Å²) in [5, 5.41) is 6.46. The normalized spacial score (nSPS) is 20.5. The number of hydrogen-bond acceptors (Lipinski definition) is 2. The third kappa shape index (κ3) is 5.54. The van der Waals surface area contributed by atoms with Crippen molar-refractivity contribution in [1.29, 1.82) is 0 Å². The minimum atomic E-state index is -0.717. The molecule has 0 heterocycles. The molecular weight excluding hydrogens is 338 g/mol. The van der Waals surface area contributed by atoms with Gasteiger partial charge in [-0.05, 0) is 55.3 Å². The van der Waals surface area contributed by atoms with Gasteiger partial charge in [0.25, 0.3) is 0 Å². The van der Waals surface area contributed by atoms with Crippen LogP contribution in [-0.2, 0) is 0 Å². The minimum absolute atomic E-state index is 0.0884. The summed E-state index contributed by atoms with van der Waals surface area (Å²) in [5.41, 5.74) is 5.54. The van der Waals surface area contributed by atoms with Crippen LogP contribution in [0.4, 0.5) is 14.5 Å². The van der Waals surface area contributed by atoms with Crippen molar-refractivity contribution < 1.29 is 8.78 Å². The Labute approximate surface area is 145 Å². The quantitative estimate of drug-likeness (QED) is 0.481. The predicted octanol–water partition coefficient (Wildman–Crippen LogP) is 3.21. The van der Waals surface area contributed by atoms with Crippen LogP contribution in [0.3, 0.4) is 0 Å². The van der Waals surface area contributed by atoms with Gasteiger partial charge in [0.2, 0.25) is 0 Å². The Morgan fingerprint density at radius 1 is 1.09 bits per heavy atom. The number of rotatable bonds is 2. The number of anilines is 1. The number of nitrogens with one attached hydrogen (secondary N) is 4. The van der Waals surface area contributed by atoms with Crippen LogP contribution in [-0.4, -0.2) is 16.3 Å². The monoisotopic (exact) mass is 358 g/mol. The average molecular weight is 358 g/mol. The third-order valence-corrected chi connectivity index (χ3v) is 4.32. The summed E-state index contributed by atoms with van der Waals surface area (Å²) >= 11 is 10.3. The molecule has 1 aliphatic rings. The third-order valence-electron chi connectivity index (χ3n) is 3.90. The highest BCUT2D eigenvalue weighted by molar-refractivity contribution is 7.80. The summed E-state index contributed by atoms with van der Waals surface area (Å²) in [5.74, 6) is -0.787. The second-order valence-electron chi connectivity index (χ2n) is 5.67. The number of hydrazine groups is 1. The highest BCUT2D eigenvalue weighted by Crippen LogP contribution is 2.23. The molecule has 2 atom stereocenters. The Morgan fingerprint density at radius 2 is 1.78 bits per heavy atom. The lowest BCUT2D eigenvalue weighted by molar-refractivity contribution is 0.308. The van der Waals surface area contributed by atoms with E-state index in [4.69, 9.17) is 24.4 Å². The van der Waals surface area contributed by atoms with E-state index < -0.39 is 11.6 Å². The van der Waals surface area contributed by atoms with Gasteiger partial charge >= 0.3 is 0 Å². The number of halogens is 2. The predicted molar refractivity (Wildman–Crippen MR) is 96.0 cm³/mol. The summed E-state index contributed by atoms with van der Waals surface area (Å²) in [6, 6.07) is 3.56. The molecule has 8 heteroatoms. The van der Waals surface area contributed by atoms with Gasteiger partial charge in [-0.1, -0.05) is 19.8 Å². The first kappa shape index (κ1) is 17.8. The molecule has 0 unspecified atom stereocenters. The first-order valence-corrected chi connectivity index (χ1v) is 8.36. The highest BCUT2D eigenvalue weighted by atomic mass is 32.1. The van der Waals surface area contributed by atoms with Crippen LogP contribution >= 0.6 is 24.4 Å². The zero-order chi connectivity index (χ0) is 16.8. The molecule has 1 aliphatic carbocycles. The van der Waals surface area contributed by atoms with Crippen molar-refractivity contribution in [3.05, 3.63) is 29.8 Å². The van der Waals surface area contributed by atoms with Crippen LogP contribution < -0.4 is 21.5 Å². The van der Waals surface area contributed by atoms with Crippen LogP contribution in [0.5, 0.6) is 0 Å². The van der Waals surface area contributed by atoms with Gasteiger partial charge in [0, 0.05) is 12.1 Å². The first-order valence-electron chi connectivity index (χ1n) is 7.54. The molecule has 2 rings (SSSR count). The number of benzene rings is 1. The van der Waals surface area contributed by atoms with E-state index in [0.29, 0.717) is 17.1 Å². The van der Waals surface area contributed by atoms with Gasteiger partial charge < -0.3 is 10.6 Å². The largest absolute Gasteiger partial charge is 0.358 e. The zero-order valence-corrected chi connectivity index (χ0v) is 14.4. The van der Waals surface area contributed by atoms with Gasteiger partial charge in [-0.15, -0.1) is 0 Å². The lowest BCUT2D eigenvalue weighted by Gasteiger charge is -2.30. The highest BCUT2D eigenvalue weighted by Gasteiger charge is 2.21. The summed E-state index contributed by atoms with van der Waals surface area (Å²) in [4.78, 5) is 0. The lowest BCUT2D eigenvalue weighted by atomic mass is 9.86. The maximum absolute atomic E-state index is 13.5. The molecule has 4 N–H and O–H groups in total. The van der Waals surface area contributed by atoms with E-state index in [2.05, 4.69) is 28.4 Å². The molecule has 0 amide bonds. The molecule has 1 saturated carbocycles. The molecular formula is C15H20F2N4S2. The van der Waals surface area contributed by atoms with Gasteiger partial charge in [-0.2, -0.15) is 0 Å². The van der Waals surface area contributed by atoms with Gasteiger partial charge in [0.05, 0.1) is 5.69 Å². The SMILES string of the molecule is C[C@@H]1CCCC[C@@H]1NC(=S)NNC(=S)Nc1ccc(F)cc1F. The molecule has 0 aliphatic heterocycles. The van der Waals surface area contributed by atoms with E-state index in [1.54, 1.807) is 0 Å². The van der Waals surface area contributed by atoms with Crippen molar-refractivity contribution in [2.45, 2.75) is 38.6 Å². The second kappa shape index (κ2) is 8.35. The molecule has 23 heavy (non-hydrogen) atoms. The van der Waals surface area contributed by atoms with Crippen molar-refractivity contribution in [1.82, 2.24) is 16.2 Å². The molecule has 1 aromatic carbocycles. The van der Waals surface area contributed by atoms with Crippen LogP contribution in [0, 0.1) is 17.6 Å². The molecule has 126 valence electrons. The first-order chi connectivity index (χ1) is 11.0. The summed E-state index contributed by atoms with van der Waals surface area (Å²) in [6.07, 6.45) is 4.74. The summed E-state index contributed by atoms with van der Waals surface area (Å²) < 4.78 is 26.4. The van der Waals surface area contributed by atoms with Crippen molar-refractivity contribution in [3.63, 3.8) is 0 Å². The van der Waals surface area contributed by atoms with Crippen molar-refractivity contribution in [2.24, 2.45) is 5.92 Å². The molecule has 0 radical (unpaired) electrons. The Hall–Kier alpha value is -1.54. The number of hydrogen-bond donors (Lipinski definition) is 4. The molecule has 0 bridgehead atoms. The van der Waals surface area contributed by atoms with Gasteiger partial charge in [-0.25, -0.2) is 8.78 Å². The van der Waals surface area contributed by atoms with E-state index in [0.717, 1.165) is 18.6 Å².